The smallest absolute Gasteiger partial charge is 0.251 e. The molecule has 0 spiro atoms. The number of carbonyl (C=O) groups excluding carboxylic acids is 2. The fraction of sp³-hybridized carbons (Fsp3) is 0.407. The lowest BCUT2D eigenvalue weighted by molar-refractivity contribution is -0.115. The van der Waals surface area contributed by atoms with E-state index in [1.165, 1.54) is 11.3 Å². The molecular weight excluding hydrogens is 490 g/mol. The summed E-state index contributed by atoms with van der Waals surface area (Å²) < 4.78 is 11.5. The minimum absolute atomic E-state index is 0.140. The van der Waals surface area contributed by atoms with E-state index in [-0.39, 0.29) is 30.6 Å². The normalized spacial score (nSPS) is 19.4. The highest BCUT2D eigenvalue weighted by Crippen LogP contribution is 2.27. The molecule has 37 heavy (non-hydrogen) atoms. The van der Waals surface area contributed by atoms with Crippen LogP contribution in [0.1, 0.15) is 42.6 Å². The van der Waals surface area contributed by atoms with Crippen LogP contribution < -0.4 is 20.3 Å². The zero-order valence-electron chi connectivity index (χ0n) is 21.0. The van der Waals surface area contributed by atoms with Crippen LogP contribution in [0.2, 0.25) is 0 Å². The third kappa shape index (κ3) is 6.26. The zero-order chi connectivity index (χ0) is 25.8. The Morgan fingerprint density at radius 2 is 1.92 bits per heavy atom. The minimum Gasteiger partial charge on any atom is -0.493 e. The molecule has 1 aromatic carbocycles. The van der Waals surface area contributed by atoms with Crippen molar-refractivity contribution in [2.45, 2.75) is 45.3 Å². The Bertz CT molecular complexity index is 1270. The predicted octanol–water partition coefficient (Wildman–Crippen LogP) is 3.90. The molecule has 0 bridgehead atoms. The van der Waals surface area contributed by atoms with Gasteiger partial charge in [-0.3, -0.25) is 9.59 Å². The summed E-state index contributed by atoms with van der Waals surface area (Å²) in [6, 6.07) is 11.3. The number of carbonyl (C=O) groups is 2. The lowest BCUT2D eigenvalue weighted by Crippen LogP contribution is -2.45. The Morgan fingerprint density at radius 3 is 2.76 bits per heavy atom. The summed E-state index contributed by atoms with van der Waals surface area (Å²) in [7, 11) is 0. The maximum atomic E-state index is 12.6. The van der Waals surface area contributed by atoms with Gasteiger partial charge in [-0.15, -0.1) is 11.3 Å². The molecule has 2 N–H and O–H groups in total. The standard InChI is InChI=1S/C27H31N5O4S/c1-17-14-32(15-18(2)36-17)24-8-5-7-21(29-24)22-16-37-27(30-22)31-25(33)13-28-26(34)20-9-10-23-19(12-20)6-3-4-11-35-23/h5,7-10,12,16-18H,3-4,6,11,13-15H2,1-2H3,(H,28,34)(H,30,31,33)/t17-,18+. The van der Waals surface area contributed by atoms with Gasteiger partial charge >= 0.3 is 0 Å². The van der Waals surface area contributed by atoms with Crippen LogP contribution >= 0.6 is 11.3 Å². The number of thiazole rings is 1. The van der Waals surface area contributed by atoms with E-state index in [4.69, 9.17) is 14.5 Å². The number of amides is 2. The van der Waals surface area contributed by atoms with E-state index >= 15 is 0 Å². The van der Waals surface area contributed by atoms with Gasteiger partial charge in [-0.05, 0) is 69.0 Å². The highest BCUT2D eigenvalue weighted by Gasteiger charge is 2.23. The number of hydrogen-bond donors (Lipinski definition) is 2. The minimum atomic E-state index is -0.342. The van der Waals surface area contributed by atoms with Gasteiger partial charge in [-0.25, -0.2) is 9.97 Å². The maximum absolute atomic E-state index is 12.6. The molecule has 2 aliphatic rings. The molecule has 1 saturated heterocycles. The summed E-state index contributed by atoms with van der Waals surface area (Å²) in [5.41, 5.74) is 2.97. The number of nitrogens with one attached hydrogen (secondary N) is 2. The molecule has 5 rings (SSSR count). The zero-order valence-corrected chi connectivity index (χ0v) is 21.8. The fourth-order valence-corrected chi connectivity index (χ4v) is 5.36. The van der Waals surface area contributed by atoms with Gasteiger partial charge in [0, 0.05) is 24.0 Å². The topological polar surface area (TPSA) is 106 Å². The Kier molecular flexibility index (Phi) is 7.66. The van der Waals surface area contributed by atoms with Crippen LogP contribution in [0.15, 0.2) is 41.8 Å². The number of hydrogen-bond acceptors (Lipinski definition) is 8. The van der Waals surface area contributed by atoms with Gasteiger partial charge < -0.3 is 25.0 Å². The number of rotatable bonds is 6. The lowest BCUT2D eigenvalue weighted by atomic mass is 10.0. The number of benzene rings is 1. The molecule has 0 aliphatic carbocycles. The number of fused-ring (bicyclic) bond motifs is 1. The van der Waals surface area contributed by atoms with Crippen LogP contribution in [0.25, 0.3) is 11.4 Å². The summed E-state index contributed by atoms with van der Waals surface area (Å²) in [6.07, 6.45) is 3.19. The van der Waals surface area contributed by atoms with Crippen LogP contribution in [0.5, 0.6) is 5.75 Å². The van der Waals surface area contributed by atoms with Crippen molar-refractivity contribution in [3.63, 3.8) is 0 Å². The summed E-state index contributed by atoms with van der Waals surface area (Å²) in [6.45, 7) is 6.24. The van der Waals surface area contributed by atoms with Gasteiger partial charge in [0.15, 0.2) is 5.13 Å². The van der Waals surface area contributed by atoms with Gasteiger partial charge in [-0.2, -0.15) is 0 Å². The molecule has 0 radical (unpaired) electrons. The first kappa shape index (κ1) is 25.2. The van der Waals surface area contributed by atoms with Crippen molar-refractivity contribution in [3.8, 4) is 17.1 Å². The van der Waals surface area contributed by atoms with Crippen molar-refractivity contribution in [2.75, 3.05) is 36.5 Å². The molecule has 2 atom stereocenters. The quantitative estimate of drug-likeness (QED) is 0.507. The third-order valence-electron chi connectivity index (χ3n) is 6.32. The van der Waals surface area contributed by atoms with Crippen LogP contribution in [0.4, 0.5) is 10.9 Å². The molecule has 2 aliphatic heterocycles. The van der Waals surface area contributed by atoms with E-state index in [0.717, 1.165) is 55.2 Å². The first-order chi connectivity index (χ1) is 17.9. The van der Waals surface area contributed by atoms with Crippen molar-refractivity contribution >= 4 is 34.1 Å². The summed E-state index contributed by atoms with van der Waals surface area (Å²) in [5.74, 6) is 1.07. The van der Waals surface area contributed by atoms with Crippen molar-refractivity contribution < 1.29 is 19.1 Å². The molecule has 1 fully saturated rings. The van der Waals surface area contributed by atoms with E-state index in [1.54, 1.807) is 6.07 Å². The van der Waals surface area contributed by atoms with Gasteiger partial charge in [0.25, 0.3) is 5.91 Å². The molecule has 194 valence electrons. The molecule has 0 saturated carbocycles. The van der Waals surface area contributed by atoms with Crippen molar-refractivity contribution in [1.82, 2.24) is 15.3 Å². The number of aryl methyl sites for hydroxylation is 1. The van der Waals surface area contributed by atoms with E-state index in [1.807, 2.05) is 35.7 Å². The second kappa shape index (κ2) is 11.3. The van der Waals surface area contributed by atoms with Crippen LogP contribution in [0, 0.1) is 0 Å². The lowest BCUT2D eigenvalue weighted by Gasteiger charge is -2.36. The fourth-order valence-electron chi connectivity index (χ4n) is 4.64. The molecule has 3 aromatic rings. The molecular formula is C27H31N5O4S. The Morgan fingerprint density at radius 1 is 1.08 bits per heavy atom. The van der Waals surface area contributed by atoms with Gasteiger partial charge in [-0.1, -0.05) is 6.07 Å². The van der Waals surface area contributed by atoms with Gasteiger partial charge in [0.1, 0.15) is 17.3 Å². The van der Waals surface area contributed by atoms with Crippen molar-refractivity contribution in [1.29, 1.82) is 0 Å². The van der Waals surface area contributed by atoms with Crippen LogP contribution in [-0.4, -0.2) is 60.2 Å². The van der Waals surface area contributed by atoms with E-state index in [9.17, 15) is 9.59 Å². The number of anilines is 2. The molecule has 0 unspecified atom stereocenters. The Balaban J connectivity index is 1.17. The highest BCUT2D eigenvalue weighted by molar-refractivity contribution is 7.14. The molecule has 2 aromatic heterocycles. The SMILES string of the molecule is C[C@@H]1CN(c2cccc(-c3csc(NC(=O)CNC(=O)c4ccc5c(c4)CCCCO5)n3)n2)C[C@H](C)O1. The first-order valence-electron chi connectivity index (χ1n) is 12.6. The summed E-state index contributed by atoms with van der Waals surface area (Å²) in [4.78, 5) is 36.6. The average molecular weight is 522 g/mol. The van der Waals surface area contributed by atoms with Gasteiger partial charge in [0.2, 0.25) is 5.91 Å². The third-order valence-corrected chi connectivity index (χ3v) is 7.08. The summed E-state index contributed by atoms with van der Waals surface area (Å²) >= 11 is 1.32. The maximum Gasteiger partial charge on any atom is 0.251 e. The second-order valence-electron chi connectivity index (χ2n) is 9.44. The van der Waals surface area contributed by atoms with Gasteiger partial charge in [0.05, 0.1) is 31.1 Å². The Labute approximate surface area is 220 Å². The average Bonchev–Trinajstić information content (AvgIpc) is 3.22. The van der Waals surface area contributed by atoms with Crippen LogP contribution in [0.3, 0.4) is 0 Å². The Hall–Kier alpha value is -3.50. The van der Waals surface area contributed by atoms with E-state index in [0.29, 0.717) is 23.0 Å². The summed E-state index contributed by atoms with van der Waals surface area (Å²) in [5, 5.41) is 7.77. The monoisotopic (exact) mass is 521 g/mol. The second-order valence-corrected chi connectivity index (χ2v) is 10.3. The number of morpholine rings is 1. The number of pyridine rings is 1. The number of aromatic nitrogens is 2. The number of nitrogens with zero attached hydrogens (tertiary/aromatic N) is 3. The van der Waals surface area contributed by atoms with E-state index < -0.39 is 0 Å². The first-order valence-corrected chi connectivity index (χ1v) is 13.5. The largest absolute Gasteiger partial charge is 0.493 e. The van der Waals surface area contributed by atoms with E-state index in [2.05, 4.69) is 34.4 Å². The van der Waals surface area contributed by atoms with Crippen LogP contribution in [-0.2, 0) is 16.0 Å². The van der Waals surface area contributed by atoms with Crippen molar-refractivity contribution in [3.05, 3.63) is 52.9 Å². The molecule has 10 heteroatoms. The highest BCUT2D eigenvalue weighted by atomic mass is 32.1. The predicted molar refractivity (Wildman–Crippen MR) is 143 cm³/mol. The molecule has 9 nitrogen and oxygen atoms in total. The molecule has 2 amide bonds. The number of ether oxygens (including phenoxy) is 2. The van der Waals surface area contributed by atoms with Crippen molar-refractivity contribution in [2.24, 2.45) is 0 Å². The molecule has 4 heterocycles.